The van der Waals surface area contributed by atoms with E-state index >= 15 is 0 Å². The van der Waals surface area contributed by atoms with E-state index in [4.69, 9.17) is 0 Å². The second-order valence-electron chi connectivity index (χ2n) is 4.95. The van der Waals surface area contributed by atoms with E-state index in [-0.39, 0.29) is 19.4 Å². The number of aliphatic carboxylic acids is 1. The summed E-state index contributed by atoms with van der Waals surface area (Å²) in [5, 5.41) is 9.40. The van der Waals surface area contributed by atoms with Crippen molar-refractivity contribution in [3.05, 3.63) is 29.8 Å². The lowest BCUT2D eigenvalue weighted by molar-refractivity contribution is -0.147. The van der Waals surface area contributed by atoms with Crippen LogP contribution in [0.5, 0.6) is 0 Å². The van der Waals surface area contributed by atoms with Gasteiger partial charge in [0.2, 0.25) is 10.0 Å². The van der Waals surface area contributed by atoms with Crippen molar-refractivity contribution in [2.24, 2.45) is 0 Å². The molecule has 116 valence electrons. The highest BCUT2D eigenvalue weighted by Crippen LogP contribution is 2.38. The number of hydrogen-bond acceptors (Lipinski definition) is 3. The van der Waals surface area contributed by atoms with E-state index in [2.05, 4.69) is 0 Å². The van der Waals surface area contributed by atoms with Gasteiger partial charge in [0.05, 0.1) is 0 Å². The molecular weight excluding hydrogens is 304 g/mol. The number of benzene rings is 1. The smallest absolute Gasteiger partial charge is 0.325 e. The minimum Gasteiger partial charge on any atom is -0.480 e. The van der Waals surface area contributed by atoms with Crippen LogP contribution < -0.4 is 0 Å². The van der Waals surface area contributed by atoms with Gasteiger partial charge in [-0.15, -0.1) is 0 Å². The third-order valence-corrected chi connectivity index (χ3v) is 5.87. The first-order chi connectivity index (χ1) is 9.75. The van der Waals surface area contributed by atoms with E-state index < -0.39 is 38.1 Å². The summed E-state index contributed by atoms with van der Waals surface area (Å²) >= 11 is 0. The van der Waals surface area contributed by atoms with Crippen LogP contribution in [0.3, 0.4) is 0 Å². The van der Waals surface area contributed by atoms with Gasteiger partial charge in [0.15, 0.2) is 0 Å². The van der Waals surface area contributed by atoms with Crippen LogP contribution in [0.2, 0.25) is 0 Å². The lowest BCUT2D eigenvalue weighted by Crippen LogP contribution is -2.52. The molecule has 0 spiro atoms. The van der Waals surface area contributed by atoms with Gasteiger partial charge in [0.1, 0.15) is 22.1 Å². The topological polar surface area (TPSA) is 74.7 Å². The zero-order valence-corrected chi connectivity index (χ0v) is 12.2. The van der Waals surface area contributed by atoms with Crippen molar-refractivity contribution < 1.29 is 27.1 Å². The highest BCUT2D eigenvalue weighted by Gasteiger charge is 2.52. The Balaban J connectivity index is 2.55. The van der Waals surface area contributed by atoms with Gasteiger partial charge in [0, 0.05) is 12.6 Å². The van der Waals surface area contributed by atoms with Gasteiger partial charge in [-0.25, -0.2) is 17.2 Å². The Kier molecular flexibility index (Phi) is 4.03. The lowest BCUT2D eigenvalue weighted by Gasteiger charge is -2.32. The number of halogens is 2. The fraction of sp³-hybridized carbons (Fsp3) is 0.462. The summed E-state index contributed by atoms with van der Waals surface area (Å²) in [7, 11) is -4.34. The van der Waals surface area contributed by atoms with Crippen molar-refractivity contribution in [2.45, 2.75) is 36.6 Å². The standard InChI is InChI=1S/C13H15F2NO4S/c1-2-13(12(17)18)6-3-7-16(13)21(19,20)11-5-4-9(14)8-10(11)15/h4-5,8H,2-3,6-7H2,1H3,(H,17,18). The molecule has 1 saturated heterocycles. The number of carboxylic acids is 1. The molecule has 1 atom stereocenters. The molecule has 1 aromatic rings. The molecule has 0 bridgehead atoms. The average Bonchev–Trinajstić information content (AvgIpc) is 2.84. The van der Waals surface area contributed by atoms with Crippen LogP contribution in [0.15, 0.2) is 23.1 Å². The molecule has 1 N–H and O–H groups in total. The maximum Gasteiger partial charge on any atom is 0.325 e. The minimum absolute atomic E-state index is 0.000705. The second kappa shape index (κ2) is 5.34. The Labute approximate surface area is 121 Å². The highest BCUT2D eigenvalue weighted by molar-refractivity contribution is 7.89. The molecule has 1 aromatic carbocycles. The molecule has 1 heterocycles. The Bertz CT molecular complexity index is 677. The molecule has 0 saturated carbocycles. The van der Waals surface area contributed by atoms with E-state index in [0.29, 0.717) is 12.5 Å². The summed E-state index contributed by atoms with van der Waals surface area (Å²) in [6.07, 6.45) is 0.618. The zero-order chi connectivity index (χ0) is 15.8. The van der Waals surface area contributed by atoms with Crippen LogP contribution >= 0.6 is 0 Å². The summed E-state index contributed by atoms with van der Waals surface area (Å²) < 4.78 is 52.6. The minimum atomic E-state index is -4.34. The van der Waals surface area contributed by atoms with Crippen molar-refractivity contribution in [3.8, 4) is 0 Å². The largest absolute Gasteiger partial charge is 0.480 e. The number of sulfonamides is 1. The van der Waals surface area contributed by atoms with Gasteiger partial charge in [-0.2, -0.15) is 4.31 Å². The third kappa shape index (κ3) is 2.42. The van der Waals surface area contributed by atoms with E-state index in [1.807, 2.05) is 0 Å². The highest BCUT2D eigenvalue weighted by atomic mass is 32.2. The molecular formula is C13H15F2NO4S. The Morgan fingerprint density at radius 1 is 1.43 bits per heavy atom. The Hall–Kier alpha value is -1.54. The quantitative estimate of drug-likeness (QED) is 0.921. The molecule has 1 unspecified atom stereocenters. The SMILES string of the molecule is CCC1(C(=O)O)CCCN1S(=O)(=O)c1ccc(F)cc1F. The second-order valence-corrected chi connectivity index (χ2v) is 6.78. The van der Waals surface area contributed by atoms with Crippen LogP contribution in [-0.4, -0.2) is 35.9 Å². The molecule has 0 aliphatic carbocycles. The Morgan fingerprint density at radius 3 is 2.62 bits per heavy atom. The van der Waals surface area contributed by atoms with Crippen LogP contribution in [-0.2, 0) is 14.8 Å². The van der Waals surface area contributed by atoms with Crippen molar-refractivity contribution in [1.29, 1.82) is 0 Å². The van der Waals surface area contributed by atoms with Crippen LogP contribution in [0.25, 0.3) is 0 Å². The summed E-state index contributed by atoms with van der Waals surface area (Å²) in [6.45, 7) is 1.57. The summed E-state index contributed by atoms with van der Waals surface area (Å²) in [5.74, 6) is -3.38. The average molecular weight is 319 g/mol. The van der Waals surface area contributed by atoms with Crippen LogP contribution in [0.1, 0.15) is 26.2 Å². The number of carboxylic acid groups (broad SMARTS) is 1. The van der Waals surface area contributed by atoms with Gasteiger partial charge in [-0.05, 0) is 31.4 Å². The first-order valence-corrected chi connectivity index (χ1v) is 7.91. The number of nitrogens with zero attached hydrogens (tertiary/aromatic N) is 1. The molecule has 5 nitrogen and oxygen atoms in total. The summed E-state index contributed by atoms with van der Waals surface area (Å²) in [6, 6.07) is 2.12. The van der Waals surface area contributed by atoms with Gasteiger partial charge in [0.25, 0.3) is 0 Å². The van der Waals surface area contributed by atoms with E-state index in [9.17, 15) is 27.1 Å². The molecule has 0 radical (unpaired) electrons. The lowest BCUT2D eigenvalue weighted by atomic mass is 9.95. The number of hydrogen-bond donors (Lipinski definition) is 1. The molecule has 8 heteroatoms. The molecule has 1 aliphatic rings. The molecule has 21 heavy (non-hydrogen) atoms. The maximum atomic E-state index is 13.8. The fourth-order valence-electron chi connectivity index (χ4n) is 2.73. The monoisotopic (exact) mass is 319 g/mol. The Morgan fingerprint density at radius 2 is 2.10 bits per heavy atom. The van der Waals surface area contributed by atoms with Crippen molar-refractivity contribution in [2.75, 3.05) is 6.54 Å². The zero-order valence-electron chi connectivity index (χ0n) is 11.3. The first kappa shape index (κ1) is 15.8. The van der Waals surface area contributed by atoms with Gasteiger partial charge in [-0.3, -0.25) is 4.79 Å². The fourth-order valence-corrected chi connectivity index (χ4v) is 4.64. The molecule has 0 amide bonds. The predicted octanol–water partition coefficient (Wildman–Crippen LogP) is 1.98. The van der Waals surface area contributed by atoms with E-state index in [1.54, 1.807) is 6.92 Å². The predicted molar refractivity (Wildman–Crippen MR) is 70.1 cm³/mol. The van der Waals surface area contributed by atoms with Crippen LogP contribution in [0.4, 0.5) is 8.78 Å². The van der Waals surface area contributed by atoms with Gasteiger partial charge < -0.3 is 5.11 Å². The van der Waals surface area contributed by atoms with Gasteiger partial charge >= 0.3 is 5.97 Å². The molecule has 0 aromatic heterocycles. The van der Waals surface area contributed by atoms with Crippen molar-refractivity contribution in [3.63, 3.8) is 0 Å². The van der Waals surface area contributed by atoms with E-state index in [1.165, 1.54) is 0 Å². The van der Waals surface area contributed by atoms with Gasteiger partial charge in [-0.1, -0.05) is 6.92 Å². The molecule has 1 fully saturated rings. The molecule has 1 aliphatic heterocycles. The summed E-state index contributed by atoms with van der Waals surface area (Å²) in [4.78, 5) is 10.8. The number of carbonyl (C=O) groups is 1. The molecule has 2 rings (SSSR count). The third-order valence-electron chi connectivity index (χ3n) is 3.87. The normalized spacial score (nSPS) is 23.4. The van der Waals surface area contributed by atoms with Crippen molar-refractivity contribution >= 4 is 16.0 Å². The first-order valence-electron chi connectivity index (χ1n) is 6.47. The van der Waals surface area contributed by atoms with Crippen LogP contribution in [0, 0.1) is 11.6 Å². The number of rotatable bonds is 4. The maximum absolute atomic E-state index is 13.8. The van der Waals surface area contributed by atoms with E-state index in [0.717, 1.165) is 16.4 Å². The van der Waals surface area contributed by atoms with Crippen molar-refractivity contribution in [1.82, 2.24) is 4.31 Å². The summed E-state index contributed by atoms with van der Waals surface area (Å²) in [5.41, 5.74) is -1.57.